The summed E-state index contributed by atoms with van der Waals surface area (Å²) in [4.78, 5) is 38.7. The summed E-state index contributed by atoms with van der Waals surface area (Å²) in [6.45, 7) is 6.86. The number of carbonyl (C=O) groups excluding carboxylic acids is 3. The number of hydrogen-bond donors (Lipinski definition) is 5. The van der Waals surface area contributed by atoms with E-state index in [-0.39, 0.29) is 36.5 Å². The highest BCUT2D eigenvalue weighted by Gasteiger charge is 2.30. The van der Waals surface area contributed by atoms with Crippen molar-refractivity contribution in [1.82, 2.24) is 16.0 Å². The number of phenols is 1. The maximum atomic E-state index is 13.2. The van der Waals surface area contributed by atoms with E-state index in [1.807, 2.05) is 44.2 Å². The molecule has 0 aromatic heterocycles. The number of carbonyl (C=O) groups is 3. The van der Waals surface area contributed by atoms with Gasteiger partial charge in [0.15, 0.2) is 0 Å². The fraction of sp³-hybridized carbons (Fsp3) is 0.444. The van der Waals surface area contributed by atoms with Gasteiger partial charge in [-0.1, -0.05) is 70.2 Å². The second-order valence-corrected chi connectivity index (χ2v) is 9.39. The van der Waals surface area contributed by atoms with Crippen LogP contribution < -0.4 is 16.0 Å². The Morgan fingerprint density at radius 3 is 1.89 bits per heavy atom. The van der Waals surface area contributed by atoms with Crippen molar-refractivity contribution < 1.29 is 24.6 Å². The van der Waals surface area contributed by atoms with Crippen molar-refractivity contribution in [2.24, 2.45) is 11.8 Å². The summed E-state index contributed by atoms with van der Waals surface area (Å²) >= 11 is 0. The molecule has 1 unspecified atom stereocenters. The molecule has 0 spiro atoms. The Kier molecular flexibility index (Phi) is 10.7. The zero-order valence-electron chi connectivity index (χ0n) is 20.8. The van der Waals surface area contributed by atoms with Gasteiger partial charge in [-0.15, -0.1) is 0 Å². The molecule has 190 valence electrons. The molecule has 35 heavy (non-hydrogen) atoms. The van der Waals surface area contributed by atoms with Gasteiger partial charge in [0.25, 0.3) is 0 Å². The fourth-order valence-electron chi connectivity index (χ4n) is 3.56. The average Bonchev–Trinajstić information content (AvgIpc) is 2.82. The lowest BCUT2D eigenvalue weighted by atomic mass is 9.99. The highest BCUT2D eigenvalue weighted by Crippen LogP contribution is 2.13. The topological polar surface area (TPSA) is 128 Å². The third-order valence-corrected chi connectivity index (χ3v) is 5.67. The van der Waals surface area contributed by atoms with Crippen LogP contribution >= 0.6 is 0 Å². The van der Waals surface area contributed by atoms with Gasteiger partial charge >= 0.3 is 0 Å². The van der Waals surface area contributed by atoms with Crippen LogP contribution in [0.3, 0.4) is 0 Å². The molecule has 2 rings (SSSR count). The maximum Gasteiger partial charge on any atom is 0.243 e. The van der Waals surface area contributed by atoms with Gasteiger partial charge in [-0.2, -0.15) is 0 Å². The van der Waals surface area contributed by atoms with Gasteiger partial charge in [0.1, 0.15) is 17.8 Å². The van der Waals surface area contributed by atoms with Gasteiger partial charge in [-0.25, -0.2) is 0 Å². The first-order valence-electron chi connectivity index (χ1n) is 11.9. The molecule has 0 radical (unpaired) electrons. The Morgan fingerprint density at radius 1 is 0.743 bits per heavy atom. The summed E-state index contributed by atoms with van der Waals surface area (Å²) in [6.07, 6.45) is 0.653. The van der Waals surface area contributed by atoms with Gasteiger partial charge in [0.05, 0.1) is 12.6 Å². The van der Waals surface area contributed by atoms with Crippen molar-refractivity contribution in [1.29, 1.82) is 0 Å². The third kappa shape index (κ3) is 9.05. The Hall–Kier alpha value is -3.39. The lowest BCUT2D eigenvalue weighted by Gasteiger charge is -2.27. The monoisotopic (exact) mass is 483 g/mol. The second-order valence-electron chi connectivity index (χ2n) is 9.39. The summed E-state index contributed by atoms with van der Waals surface area (Å²) in [5.41, 5.74) is 1.73. The van der Waals surface area contributed by atoms with Crippen LogP contribution in [0.5, 0.6) is 5.75 Å². The van der Waals surface area contributed by atoms with Gasteiger partial charge in [0, 0.05) is 12.3 Å². The first-order chi connectivity index (χ1) is 16.6. The number of aromatic hydroxyl groups is 1. The van der Waals surface area contributed by atoms with Crippen molar-refractivity contribution in [3.05, 3.63) is 65.7 Å². The molecule has 3 atom stereocenters. The molecule has 0 bridgehead atoms. The molecule has 0 aliphatic carbocycles. The van der Waals surface area contributed by atoms with E-state index in [1.165, 1.54) is 12.1 Å². The van der Waals surface area contributed by atoms with Crippen molar-refractivity contribution in [3.8, 4) is 5.75 Å². The molecule has 0 heterocycles. The van der Waals surface area contributed by atoms with Crippen molar-refractivity contribution in [3.63, 3.8) is 0 Å². The maximum absolute atomic E-state index is 13.2. The van der Waals surface area contributed by atoms with Crippen LogP contribution in [0.2, 0.25) is 0 Å². The first kappa shape index (κ1) is 27.9. The van der Waals surface area contributed by atoms with Gasteiger partial charge in [0.2, 0.25) is 17.7 Å². The molecule has 0 aliphatic heterocycles. The molecule has 8 nitrogen and oxygen atoms in total. The number of nitrogens with one attached hydrogen (secondary N) is 3. The molecule has 0 saturated carbocycles. The van der Waals surface area contributed by atoms with Crippen LogP contribution in [0.25, 0.3) is 0 Å². The van der Waals surface area contributed by atoms with Crippen LogP contribution in [0.4, 0.5) is 0 Å². The normalized spacial score (nSPS) is 13.7. The summed E-state index contributed by atoms with van der Waals surface area (Å²) in [5.74, 6) is -1.61. The number of rotatable bonds is 12. The van der Waals surface area contributed by atoms with Crippen LogP contribution in [-0.2, 0) is 27.2 Å². The molecule has 8 heteroatoms. The van der Waals surface area contributed by atoms with Crippen LogP contribution in [0, 0.1) is 11.8 Å². The van der Waals surface area contributed by atoms with Gasteiger partial charge < -0.3 is 26.2 Å². The van der Waals surface area contributed by atoms with E-state index in [1.54, 1.807) is 26.0 Å². The standard InChI is InChI=1S/C27H37N3O5/c1-17(2)24(27(35)28-21(16-31)14-19-8-6-5-7-9-19)30-26(34)23(29-25(33)18(3)4)15-20-10-12-22(32)13-11-20/h5-13,17-18,21,23-24,31-32H,14-16H2,1-4H3,(H,28,35)(H,29,33)(H,30,34)/t21?,23-,24+/m1/s1. The largest absolute Gasteiger partial charge is 0.508 e. The van der Waals surface area contributed by atoms with E-state index in [0.29, 0.717) is 6.42 Å². The summed E-state index contributed by atoms with van der Waals surface area (Å²) < 4.78 is 0. The van der Waals surface area contributed by atoms with Crippen molar-refractivity contribution in [2.45, 2.75) is 58.7 Å². The van der Waals surface area contributed by atoms with Crippen molar-refractivity contribution in [2.75, 3.05) is 6.61 Å². The minimum Gasteiger partial charge on any atom is -0.508 e. The molecule has 0 saturated heterocycles. The SMILES string of the molecule is CC(C)C(=O)N[C@H](Cc1ccc(O)cc1)C(=O)N[C@H](C(=O)NC(CO)Cc1ccccc1)C(C)C. The number of aliphatic hydroxyl groups is 1. The van der Waals surface area contributed by atoms with Gasteiger partial charge in [-0.3, -0.25) is 14.4 Å². The first-order valence-corrected chi connectivity index (χ1v) is 11.9. The van der Waals surface area contributed by atoms with Crippen molar-refractivity contribution >= 4 is 17.7 Å². The number of phenolic OH excluding ortho intramolecular Hbond substituents is 1. The highest BCUT2D eigenvalue weighted by atomic mass is 16.3. The molecule has 0 fully saturated rings. The average molecular weight is 484 g/mol. The van der Waals surface area contributed by atoms with Gasteiger partial charge in [-0.05, 0) is 35.6 Å². The molecule has 2 aromatic rings. The summed E-state index contributed by atoms with van der Waals surface area (Å²) in [7, 11) is 0. The predicted molar refractivity (Wildman–Crippen MR) is 135 cm³/mol. The Balaban J connectivity index is 2.13. The Morgan fingerprint density at radius 2 is 1.34 bits per heavy atom. The quantitative estimate of drug-likeness (QED) is 0.315. The minimum absolute atomic E-state index is 0.103. The fourth-order valence-corrected chi connectivity index (χ4v) is 3.56. The van der Waals surface area contributed by atoms with Crippen LogP contribution in [-0.4, -0.2) is 52.7 Å². The lowest BCUT2D eigenvalue weighted by molar-refractivity contribution is -0.133. The molecular weight excluding hydrogens is 446 g/mol. The third-order valence-electron chi connectivity index (χ3n) is 5.67. The molecular formula is C27H37N3O5. The van der Waals surface area contributed by atoms with E-state index >= 15 is 0 Å². The van der Waals surface area contributed by atoms with E-state index in [2.05, 4.69) is 16.0 Å². The number of hydrogen-bond acceptors (Lipinski definition) is 5. The number of aliphatic hydroxyl groups excluding tert-OH is 1. The van der Waals surface area contributed by atoms with E-state index in [4.69, 9.17) is 0 Å². The van der Waals surface area contributed by atoms with E-state index in [0.717, 1.165) is 11.1 Å². The molecule has 5 N–H and O–H groups in total. The van der Waals surface area contributed by atoms with E-state index < -0.39 is 29.9 Å². The molecule has 3 amide bonds. The summed E-state index contributed by atoms with van der Waals surface area (Å²) in [6, 6.07) is 13.6. The Bertz CT molecular complexity index is 961. The van der Waals surface area contributed by atoms with E-state index in [9.17, 15) is 24.6 Å². The second kappa shape index (κ2) is 13.5. The number of amides is 3. The smallest absolute Gasteiger partial charge is 0.243 e. The predicted octanol–water partition coefficient (Wildman–Crippen LogP) is 1.94. The molecule has 2 aromatic carbocycles. The molecule has 0 aliphatic rings. The zero-order chi connectivity index (χ0) is 26.0. The Labute approximate surface area is 207 Å². The zero-order valence-corrected chi connectivity index (χ0v) is 20.8. The van der Waals surface area contributed by atoms with Crippen LogP contribution in [0.1, 0.15) is 38.8 Å². The lowest BCUT2D eigenvalue weighted by Crippen LogP contribution is -2.57. The number of benzene rings is 2. The summed E-state index contributed by atoms with van der Waals surface area (Å²) in [5, 5.41) is 27.7. The minimum atomic E-state index is -0.901. The highest BCUT2D eigenvalue weighted by molar-refractivity contribution is 5.92. The van der Waals surface area contributed by atoms with Crippen LogP contribution in [0.15, 0.2) is 54.6 Å².